The van der Waals surface area contributed by atoms with Crippen LogP contribution in [0.15, 0.2) is 12.1 Å². The van der Waals surface area contributed by atoms with Crippen molar-refractivity contribution in [1.29, 1.82) is 0 Å². The number of fused-ring (bicyclic) bond motifs is 1. The van der Waals surface area contributed by atoms with Gasteiger partial charge in [-0.05, 0) is 43.8 Å². The molecule has 0 unspecified atom stereocenters. The number of nitrogens with zero attached hydrogens (tertiary/aromatic N) is 3. The highest BCUT2D eigenvalue weighted by molar-refractivity contribution is 7.71. The second-order valence-corrected chi connectivity index (χ2v) is 5.93. The maximum Gasteiger partial charge on any atom is 0.184 e. The molecule has 1 N–H and O–H groups in total. The minimum absolute atomic E-state index is 0.568. The number of rotatable bonds is 1. The Kier molecular flexibility index (Phi) is 3.16. The van der Waals surface area contributed by atoms with Gasteiger partial charge in [-0.15, -0.1) is 0 Å². The van der Waals surface area contributed by atoms with E-state index in [1.54, 1.807) is 4.68 Å². The third-order valence-electron chi connectivity index (χ3n) is 3.31. The molecule has 0 aliphatic carbocycles. The molecule has 4 nitrogen and oxygen atoms in total. The first-order valence-electron chi connectivity index (χ1n) is 6.00. The van der Waals surface area contributed by atoms with Crippen LogP contribution in [0, 0.1) is 18.6 Å². The Hall–Kier alpha value is -1.30. The Morgan fingerprint density at radius 2 is 1.90 bits per heavy atom. The summed E-state index contributed by atoms with van der Waals surface area (Å²) in [6.45, 7) is 3.85. The predicted molar refractivity (Wildman–Crippen MR) is 84.7 cm³/mol. The number of H-pyrrole nitrogens is 1. The van der Waals surface area contributed by atoms with Crippen molar-refractivity contribution < 1.29 is 0 Å². The van der Waals surface area contributed by atoms with Gasteiger partial charge in [0, 0.05) is 12.1 Å². The maximum atomic E-state index is 6.36. The molecule has 2 aromatic heterocycles. The van der Waals surface area contributed by atoms with Crippen LogP contribution in [-0.4, -0.2) is 19.3 Å². The van der Waals surface area contributed by atoms with E-state index in [4.69, 9.17) is 35.4 Å². The molecular formula is C13H12Cl2N4S. The van der Waals surface area contributed by atoms with Gasteiger partial charge in [0.15, 0.2) is 10.4 Å². The molecule has 3 rings (SSSR count). The largest absolute Gasteiger partial charge is 0.327 e. The van der Waals surface area contributed by atoms with Crippen LogP contribution in [0.25, 0.3) is 16.9 Å². The van der Waals surface area contributed by atoms with Gasteiger partial charge in [0.05, 0.1) is 16.4 Å². The Morgan fingerprint density at radius 1 is 1.20 bits per heavy atom. The van der Waals surface area contributed by atoms with E-state index < -0.39 is 0 Å². The van der Waals surface area contributed by atoms with Crippen molar-refractivity contribution in [3.8, 4) is 5.69 Å². The Labute approximate surface area is 130 Å². The third-order valence-corrected chi connectivity index (χ3v) is 4.30. The zero-order chi connectivity index (χ0) is 14.6. The molecule has 1 aromatic carbocycles. The minimum atomic E-state index is 0.568. The van der Waals surface area contributed by atoms with E-state index in [1.807, 2.05) is 37.6 Å². The number of aromatic nitrogens is 4. The summed E-state index contributed by atoms with van der Waals surface area (Å²) in [7, 11) is 1.87. The van der Waals surface area contributed by atoms with Crippen molar-refractivity contribution in [2.45, 2.75) is 13.8 Å². The van der Waals surface area contributed by atoms with Gasteiger partial charge in [0.25, 0.3) is 0 Å². The Balaban J connectivity index is 2.44. The van der Waals surface area contributed by atoms with Crippen molar-refractivity contribution in [3.05, 3.63) is 38.2 Å². The Morgan fingerprint density at radius 3 is 2.60 bits per heavy atom. The predicted octanol–water partition coefficient (Wildman–Crippen LogP) is 4.35. The molecular weight excluding hydrogens is 315 g/mol. The summed E-state index contributed by atoms with van der Waals surface area (Å²) < 4.78 is 4.21. The number of aromatic amines is 1. The topological polar surface area (TPSA) is 38.5 Å². The van der Waals surface area contributed by atoms with E-state index in [0.717, 1.165) is 28.1 Å². The number of nitrogens with one attached hydrogen (secondary N) is 1. The van der Waals surface area contributed by atoms with Gasteiger partial charge >= 0.3 is 0 Å². The molecule has 0 fully saturated rings. The van der Waals surface area contributed by atoms with Crippen LogP contribution in [0.2, 0.25) is 10.0 Å². The summed E-state index contributed by atoms with van der Waals surface area (Å²) in [4.78, 5) is 3.17. The monoisotopic (exact) mass is 326 g/mol. The summed E-state index contributed by atoms with van der Waals surface area (Å²) in [6, 6.07) is 3.66. The molecule has 0 bridgehead atoms. The van der Waals surface area contributed by atoms with E-state index in [9.17, 15) is 0 Å². The quantitative estimate of drug-likeness (QED) is 0.675. The van der Waals surface area contributed by atoms with Gasteiger partial charge in [-0.3, -0.25) is 4.57 Å². The molecule has 0 aliphatic rings. The average Bonchev–Trinajstić information content (AvgIpc) is 2.83. The van der Waals surface area contributed by atoms with Gasteiger partial charge in [0.2, 0.25) is 0 Å². The fourth-order valence-electron chi connectivity index (χ4n) is 2.34. The van der Waals surface area contributed by atoms with Gasteiger partial charge < -0.3 is 4.98 Å². The minimum Gasteiger partial charge on any atom is -0.327 e. The lowest BCUT2D eigenvalue weighted by atomic mass is 10.2. The van der Waals surface area contributed by atoms with Gasteiger partial charge in [0.1, 0.15) is 5.52 Å². The number of benzene rings is 1. The molecule has 0 aliphatic heterocycles. The highest BCUT2D eigenvalue weighted by atomic mass is 35.5. The van der Waals surface area contributed by atoms with Crippen LogP contribution in [0.3, 0.4) is 0 Å². The highest BCUT2D eigenvalue weighted by Gasteiger charge is 2.16. The number of hydrogen-bond donors (Lipinski definition) is 1. The molecule has 0 radical (unpaired) electrons. The molecule has 0 spiro atoms. The average molecular weight is 327 g/mol. The first kappa shape index (κ1) is 13.7. The van der Waals surface area contributed by atoms with Crippen molar-refractivity contribution in [2.75, 3.05) is 0 Å². The van der Waals surface area contributed by atoms with E-state index >= 15 is 0 Å². The maximum absolute atomic E-state index is 6.36. The van der Waals surface area contributed by atoms with Crippen LogP contribution in [0.5, 0.6) is 0 Å². The smallest absolute Gasteiger partial charge is 0.184 e. The molecule has 7 heteroatoms. The molecule has 0 saturated heterocycles. The van der Waals surface area contributed by atoms with Gasteiger partial charge in [-0.2, -0.15) is 5.10 Å². The number of hydrogen-bond acceptors (Lipinski definition) is 2. The molecule has 2 heterocycles. The van der Waals surface area contributed by atoms with Crippen LogP contribution in [0.1, 0.15) is 11.3 Å². The molecule has 0 amide bonds. The molecule has 3 aromatic rings. The Bertz CT molecular complexity index is 888. The summed E-state index contributed by atoms with van der Waals surface area (Å²) in [6.07, 6.45) is 0. The van der Waals surface area contributed by atoms with Gasteiger partial charge in [-0.1, -0.05) is 23.2 Å². The molecule has 0 saturated carbocycles. The van der Waals surface area contributed by atoms with E-state index in [-0.39, 0.29) is 0 Å². The van der Waals surface area contributed by atoms with Crippen LogP contribution < -0.4 is 0 Å². The first-order chi connectivity index (χ1) is 9.40. The second-order valence-electron chi connectivity index (χ2n) is 4.73. The molecule has 0 atom stereocenters. The number of halogens is 2. The lowest BCUT2D eigenvalue weighted by Crippen LogP contribution is -2.02. The van der Waals surface area contributed by atoms with Crippen molar-refractivity contribution in [2.24, 2.45) is 7.05 Å². The standard InChI is InChI=1S/C13H12Cl2N4S/c1-6-4-9(15)10(5-8(6)14)19-12-11(16-13(19)20)7(2)17-18(12)3/h4-5H,1-3H3,(H,16,20). The van der Waals surface area contributed by atoms with E-state index in [1.165, 1.54) is 0 Å². The summed E-state index contributed by atoms with van der Waals surface area (Å²) >= 11 is 18.0. The van der Waals surface area contributed by atoms with Crippen LogP contribution >= 0.6 is 35.4 Å². The van der Waals surface area contributed by atoms with E-state index in [0.29, 0.717) is 14.8 Å². The summed E-state index contributed by atoms with van der Waals surface area (Å²) in [5.41, 5.74) is 4.35. The van der Waals surface area contributed by atoms with Crippen LogP contribution in [-0.2, 0) is 7.05 Å². The zero-order valence-corrected chi connectivity index (χ0v) is 13.5. The van der Waals surface area contributed by atoms with Crippen molar-refractivity contribution >= 4 is 46.6 Å². The summed E-state index contributed by atoms with van der Waals surface area (Å²) in [5.74, 6) is 0. The molecule has 104 valence electrons. The van der Waals surface area contributed by atoms with Gasteiger partial charge in [-0.25, -0.2) is 4.68 Å². The lowest BCUT2D eigenvalue weighted by molar-refractivity contribution is 0.759. The second kappa shape index (κ2) is 4.62. The SMILES string of the molecule is Cc1cc(Cl)c(-n2c(=S)[nH]c3c(C)nn(C)c32)cc1Cl. The molecule has 20 heavy (non-hydrogen) atoms. The zero-order valence-electron chi connectivity index (χ0n) is 11.2. The normalized spacial score (nSPS) is 11.4. The van der Waals surface area contributed by atoms with Crippen LogP contribution in [0.4, 0.5) is 0 Å². The van der Waals surface area contributed by atoms with E-state index in [2.05, 4.69) is 10.1 Å². The van der Waals surface area contributed by atoms with Crippen molar-refractivity contribution in [3.63, 3.8) is 0 Å². The fourth-order valence-corrected chi connectivity index (χ4v) is 3.09. The lowest BCUT2D eigenvalue weighted by Gasteiger charge is -2.09. The fraction of sp³-hybridized carbons (Fsp3) is 0.231. The summed E-state index contributed by atoms with van der Waals surface area (Å²) in [5, 5.41) is 5.64. The highest BCUT2D eigenvalue weighted by Crippen LogP contribution is 2.30. The van der Waals surface area contributed by atoms with Crippen molar-refractivity contribution in [1.82, 2.24) is 19.3 Å². The first-order valence-corrected chi connectivity index (χ1v) is 7.17. The number of imidazole rings is 1. The number of aryl methyl sites for hydroxylation is 3. The third kappa shape index (κ3) is 1.89.